The predicted octanol–water partition coefficient (Wildman–Crippen LogP) is 3.54. The zero-order valence-corrected chi connectivity index (χ0v) is 11.1. The second-order valence-electron chi connectivity index (χ2n) is 5.57. The van der Waals surface area contributed by atoms with Gasteiger partial charge in [0.1, 0.15) is 0 Å². The normalized spacial score (nSPS) is 11.8. The van der Waals surface area contributed by atoms with Gasteiger partial charge in [-0.3, -0.25) is 4.98 Å². The van der Waals surface area contributed by atoms with Crippen molar-refractivity contribution in [1.29, 1.82) is 0 Å². The van der Waals surface area contributed by atoms with Crippen molar-refractivity contribution in [3.63, 3.8) is 0 Å². The fourth-order valence-corrected chi connectivity index (χ4v) is 2.16. The smallest absolute Gasteiger partial charge is 0.336 e. The summed E-state index contributed by atoms with van der Waals surface area (Å²) in [6.07, 6.45) is 0. The summed E-state index contributed by atoms with van der Waals surface area (Å²) in [6, 6.07) is 7.35. The number of aryl methyl sites for hydroxylation is 1. The van der Waals surface area contributed by atoms with Crippen LogP contribution in [0.4, 0.5) is 0 Å². The van der Waals surface area contributed by atoms with Crippen molar-refractivity contribution in [2.24, 2.45) is 0 Å². The van der Waals surface area contributed by atoms with Crippen LogP contribution in [0.25, 0.3) is 10.9 Å². The van der Waals surface area contributed by atoms with Crippen LogP contribution in [0.15, 0.2) is 24.3 Å². The molecule has 0 bridgehead atoms. The second kappa shape index (κ2) is 4.09. The van der Waals surface area contributed by atoms with E-state index < -0.39 is 5.97 Å². The van der Waals surface area contributed by atoms with Crippen LogP contribution >= 0.6 is 0 Å². The highest BCUT2D eigenvalue weighted by molar-refractivity contribution is 6.03. The van der Waals surface area contributed by atoms with E-state index in [1.807, 2.05) is 25.1 Å². The number of pyridine rings is 1. The highest BCUT2D eigenvalue weighted by Gasteiger charge is 2.20. The highest BCUT2D eigenvalue weighted by atomic mass is 16.4. The molecule has 2 rings (SSSR count). The Bertz CT molecular complexity index is 624. The number of hydrogen-bond donors (Lipinski definition) is 1. The van der Waals surface area contributed by atoms with Crippen LogP contribution in [0.5, 0.6) is 0 Å². The van der Waals surface area contributed by atoms with Gasteiger partial charge in [-0.15, -0.1) is 0 Å². The fourth-order valence-electron chi connectivity index (χ4n) is 2.16. The molecule has 0 radical (unpaired) electrons. The number of rotatable bonds is 1. The van der Waals surface area contributed by atoms with Gasteiger partial charge in [0.2, 0.25) is 0 Å². The number of hydrogen-bond acceptors (Lipinski definition) is 2. The average Bonchev–Trinajstić information content (AvgIpc) is 2.25. The van der Waals surface area contributed by atoms with E-state index in [4.69, 9.17) is 0 Å². The van der Waals surface area contributed by atoms with E-state index in [9.17, 15) is 9.90 Å². The summed E-state index contributed by atoms with van der Waals surface area (Å²) < 4.78 is 0. The van der Waals surface area contributed by atoms with Gasteiger partial charge in [-0.05, 0) is 24.0 Å². The molecule has 0 amide bonds. The van der Waals surface area contributed by atoms with Crippen LogP contribution in [0.3, 0.4) is 0 Å². The molecule has 1 heterocycles. The van der Waals surface area contributed by atoms with Gasteiger partial charge in [0.05, 0.1) is 11.1 Å². The molecule has 0 aliphatic carbocycles. The maximum Gasteiger partial charge on any atom is 0.336 e. The fraction of sp³-hybridized carbons (Fsp3) is 0.333. The standard InChI is InChI=1S/C15H17NO2/c1-9-8-11(14(17)18)10-6-5-7-12(13(10)16-9)15(2,3)4/h5-8H,1-4H3,(H,17,18). The van der Waals surface area contributed by atoms with Crippen LogP contribution in [0.2, 0.25) is 0 Å². The molecule has 3 nitrogen and oxygen atoms in total. The van der Waals surface area contributed by atoms with Crippen LogP contribution in [0, 0.1) is 6.92 Å². The van der Waals surface area contributed by atoms with E-state index in [0.29, 0.717) is 10.9 Å². The molecule has 0 unspecified atom stereocenters. The third kappa shape index (κ3) is 2.08. The number of carbonyl (C=O) groups is 1. The lowest BCUT2D eigenvalue weighted by Crippen LogP contribution is -2.13. The molecule has 0 atom stereocenters. The monoisotopic (exact) mass is 243 g/mol. The summed E-state index contributed by atoms with van der Waals surface area (Å²) in [5, 5.41) is 9.98. The van der Waals surface area contributed by atoms with Crippen molar-refractivity contribution in [3.05, 3.63) is 41.1 Å². The molecule has 0 fully saturated rings. The molecule has 3 heteroatoms. The van der Waals surface area contributed by atoms with Crippen molar-refractivity contribution < 1.29 is 9.90 Å². The minimum Gasteiger partial charge on any atom is -0.478 e. The molecular weight excluding hydrogens is 226 g/mol. The molecule has 0 aliphatic heterocycles. The van der Waals surface area contributed by atoms with E-state index in [-0.39, 0.29) is 5.41 Å². The minimum atomic E-state index is -0.906. The van der Waals surface area contributed by atoms with Gasteiger partial charge in [-0.1, -0.05) is 39.0 Å². The van der Waals surface area contributed by atoms with Crippen molar-refractivity contribution in [3.8, 4) is 0 Å². The summed E-state index contributed by atoms with van der Waals surface area (Å²) in [5.74, 6) is -0.906. The van der Waals surface area contributed by atoms with Crippen molar-refractivity contribution in [1.82, 2.24) is 4.98 Å². The van der Waals surface area contributed by atoms with Gasteiger partial charge in [-0.25, -0.2) is 4.79 Å². The van der Waals surface area contributed by atoms with Gasteiger partial charge < -0.3 is 5.11 Å². The first-order valence-electron chi connectivity index (χ1n) is 5.95. The van der Waals surface area contributed by atoms with Gasteiger partial charge in [0, 0.05) is 11.1 Å². The van der Waals surface area contributed by atoms with E-state index in [0.717, 1.165) is 16.8 Å². The topological polar surface area (TPSA) is 50.2 Å². The molecule has 1 aromatic carbocycles. The summed E-state index contributed by atoms with van der Waals surface area (Å²) in [6.45, 7) is 8.13. The Labute approximate surface area is 106 Å². The Kier molecular flexibility index (Phi) is 2.85. The van der Waals surface area contributed by atoms with Gasteiger partial charge in [-0.2, -0.15) is 0 Å². The lowest BCUT2D eigenvalue weighted by molar-refractivity contribution is 0.0699. The van der Waals surface area contributed by atoms with Crippen LogP contribution < -0.4 is 0 Å². The van der Waals surface area contributed by atoms with Crippen LogP contribution in [-0.4, -0.2) is 16.1 Å². The lowest BCUT2D eigenvalue weighted by atomic mass is 9.85. The number of para-hydroxylation sites is 1. The maximum atomic E-state index is 11.3. The van der Waals surface area contributed by atoms with Gasteiger partial charge in [0.15, 0.2) is 0 Å². The Balaban J connectivity index is 2.90. The average molecular weight is 243 g/mol. The Morgan fingerprint density at radius 3 is 2.50 bits per heavy atom. The molecule has 1 aromatic heterocycles. The molecular formula is C15H17NO2. The van der Waals surface area contributed by atoms with Crippen LogP contribution in [-0.2, 0) is 5.41 Å². The van der Waals surface area contributed by atoms with E-state index >= 15 is 0 Å². The lowest BCUT2D eigenvalue weighted by Gasteiger charge is -2.21. The predicted molar refractivity (Wildman–Crippen MR) is 72.1 cm³/mol. The highest BCUT2D eigenvalue weighted by Crippen LogP contribution is 2.30. The molecule has 0 saturated heterocycles. The molecule has 94 valence electrons. The number of carboxylic acid groups (broad SMARTS) is 1. The third-order valence-corrected chi connectivity index (χ3v) is 3.01. The Hall–Kier alpha value is -1.90. The van der Waals surface area contributed by atoms with Gasteiger partial charge >= 0.3 is 5.97 Å². The van der Waals surface area contributed by atoms with Crippen molar-refractivity contribution in [2.45, 2.75) is 33.1 Å². The third-order valence-electron chi connectivity index (χ3n) is 3.01. The summed E-state index contributed by atoms with van der Waals surface area (Å²) in [4.78, 5) is 15.8. The molecule has 18 heavy (non-hydrogen) atoms. The van der Waals surface area contributed by atoms with E-state index in [1.54, 1.807) is 6.07 Å². The number of benzene rings is 1. The molecule has 0 aliphatic rings. The summed E-state index contributed by atoms with van der Waals surface area (Å²) in [7, 11) is 0. The number of aromatic carboxylic acids is 1. The zero-order chi connectivity index (χ0) is 13.5. The molecule has 1 N–H and O–H groups in total. The Morgan fingerprint density at radius 1 is 1.28 bits per heavy atom. The largest absolute Gasteiger partial charge is 0.478 e. The second-order valence-corrected chi connectivity index (χ2v) is 5.57. The Morgan fingerprint density at radius 2 is 1.94 bits per heavy atom. The zero-order valence-electron chi connectivity index (χ0n) is 11.1. The molecule has 0 spiro atoms. The molecule has 2 aromatic rings. The number of carboxylic acids is 1. The summed E-state index contributed by atoms with van der Waals surface area (Å²) in [5.41, 5.74) is 2.87. The first-order valence-corrected chi connectivity index (χ1v) is 5.95. The number of aromatic nitrogens is 1. The SMILES string of the molecule is Cc1cc(C(=O)O)c2cccc(C(C)(C)C)c2n1. The van der Waals surface area contributed by atoms with E-state index in [2.05, 4.69) is 25.8 Å². The number of fused-ring (bicyclic) bond motifs is 1. The number of nitrogens with zero attached hydrogens (tertiary/aromatic N) is 1. The van der Waals surface area contributed by atoms with Gasteiger partial charge in [0.25, 0.3) is 0 Å². The van der Waals surface area contributed by atoms with Crippen molar-refractivity contribution >= 4 is 16.9 Å². The first-order chi connectivity index (χ1) is 8.30. The van der Waals surface area contributed by atoms with E-state index in [1.165, 1.54) is 0 Å². The quantitative estimate of drug-likeness (QED) is 0.833. The van der Waals surface area contributed by atoms with Crippen molar-refractivity contribution in [2.75, 3.05) is 0 Å². The summed E-state index contributed by atoms with van der Waals surface area (Å²) >= 11 is 0. The minimum absolute atomic E-state index is 0.0594. The first kappa shape index (κ1) is 12.6. The molecule has 0 saturated carbocycles. The maximum absolute atomic E-state index is 11.3. The van der Waals surface area contributed by atoms with Crippen LogP contribution in [0.1, 0.15) is 42.4 Å².